The van der Waals surface area contributed by atoms with Crippen molar-refractivity contribution in [2.45, 2.75) is 5.79 Å². The summed E-state index contributed by atoms with van der Waals surface area (Å²) in [5, 5.41) is 10.4. The smallest absolute Gasteiger partial charge is 0.261 e. The van der Waals surface area contributed by atoms with E-state index in [1.807, 2.05) is 0 Å². The van der Waals surface area contributed by atoms with E-state index >= 15 is 0 Å². The van der Waals surface area contributed by atoms with Crippen molar-refractivity contribution in [3.8, 4) is 0 Å². The Morgan fingerprint density at radius 2 is 1.75 bits per heavy atom. The van der Waals surface area contributed by atoms with E-state index in [0.29, 0.717) is 0 Å². The molecule has 0 heterocycles. The second kappa shape index (κ2) is 2.88. The third-order valence-electron chi connectivity index (χ3n) is 1.54. The Labute approximate surface area is 69.1 Å². The standard InChI is InChI=1S/C7H9N3O2/c8-7(9,10(11)12)6-4-2-1-3-5-6/h1-5H,8-9H2. The fourth-order valence-corrected chi connectivity index (χ4v) is 0.811. The average Bonchev–Trinajstić information content (AvgIpc) is 2.06. The second-order valence-electron chi connectivity index (χ2n) is 2.45. The lowest BCUT2D eigenvalue weighted by Gasteiger charge is -2.14. The van der Waals surface area contributed by atoms with E-state index in [1.165, 1.54) is 12.1 Å². The maximum absolute atomic E-state index is 10.4. The van der Waals surface area contributed by atoms with Crippen LogP contribution in [0.3, 0.4) is 0 Å². The molecule has 1 rings (SSSR count). The van der Waals surface area contributed by atoms with Crippen LogP contribution in [0, 0.1) is 10.1 Å². The van der Waals surface area contributed by atoms with Crippen LogP contribution in [0.25, 0.3) is 0 Å². The Morgan fingerprint density at radius 1 is 1.25 bits per heavy atom. The van der Waals surface area contributed by atoms with Gasteiger partial charge in [0.2, 0.25) is 0 Å². The summed E-state index contributed by atoms with van der Waals surface area (Å²) in [5.41, 5.74) is 10.8. The van der Waals surface area contributed by atoms with Crippen LogP contribution in [0.5, 0.6) is 0 Å². The zero-order valence-corrected chi connectivity index (χ0v) is 6.31. The molecule has 0 saturated heterocycles. The first-order valence-electron chi connectivity index (χ1n) is 3.33. The van der Waals surface area contributed by atoms with E-state index in [4.69, 9.17) is 11.5 Å². The monoisotopic (exact) mass is 167 g/mol. The fourth-order valence-electron chi connectivity index (χ4n) is 0.811. The number of benzene rings is 1. The molecule has 0 aliphatic carbocycles. The molecule has 0 saturated carbocycles. The number of hydrogen-bond donors (Lipinski definition) is 2. The molecule has 0 amide bonds. The highest BCUT2D eigenvalue weighted by Gasteiger charge is 2.34. The third kappa shape index (κ3) is 1.41. The number of rotatable bonds is 2. The molecule has 0 bridgehead atoms. The molecule has 12 heavy (non-hydrogen) atoms. The number of nitrogens with zero attached hydrogens (tertiary/aromatic N) is 1. The van der Waals surface area contributed by atoms with Crippen LogP contribution < -0.4 is 11.5 Å². The van der Waals surface area contributed by atoms with Gasteiger partial charge >= 0.3 is 5.79 Å². The molecule has 0 aliphatic heterocycles. The minimum Gasteiger partial charge on any atom is -0.261 e. The maximum atomic E-state index is 10.4. The van der Waals surface area contributed by atoms with Crippen molar-refractivity contribution in [3.05, 3.63) is 46.0 Å². The van der Waals surface area contributed by atoms with Crippen molar-refractivity contribution in [2.24, 2.45) is 11.5 Å². The summed E-state index contributed by atoms with van der Waals surface area (Å²) in [5.74, 6) is -1.98. The van der Waals surface area contributed by atoms with Crippen LogP contribution in [0.4, 0.5) is 0 Å². The minimum atomic E-state index is -1.98. The van der Waals surface area contributed by atoms with Crippen LogP contribution in [-0.2, 0) is 5.79 Å². The molecule has 5 heteroatoms. The highest BCUT2D eigenvalue weighted by atomic mass is 16.6. The van der Waals surface area contributed by atoms with Crippen LogP contribution >= 0.6 is 0 Å². The van der Waals surface area contributed by atoms with Gasteiger partial charge in [0.05, 0.1) is 10.5 Å². The summed E-state index contributed by atoms with van der Waals surface area (Å²) in [7, 11) is 0. The van der Waals surface area contributed by atoms with Gasteiger partial charge in [-0.15, -0.1) is 0 Å². The van der Waals surface area contributed by atoms with Gasteiger partial charge in [0.1, 0.15) is 0 Å². The first-order chi connectivity index (χ1) is 5.55. The lowest BCUT2D eigenvalue weighted by molar-refractivity contribution is -0.577. The normalized spacial score (nSPS) is 11.2. The number of nitrogens with two attached hydrogens (primary N) is 2. The average molecular weight is 167 g/mol. The zero-order chi connectivity index (χ0) is 9.19. The molecule has 1 aromatic rings. The summed E-state index contributed by atoms with van der Waals surface area (Å²) < 4.78 is 0. The van der Waals surface area contributed by atoms with Crippen LogP contribution in [-0.4, -0.2) is 4.92 Å². The van der Waals surface area contributed by atoms with Crippen LogP contribution in [0.15, 0.2) is 30.3 Å². The highest BCUT2D eigenvalue weighted by Crippen LogP contribution is 2.11. The summed E-state index contributed by atoms with van der Waals surface area (Å²) in [6.07, 6.45) is 0. The molecule has 0 atom stereocenters. The molecule has 5 nitrogen and oxygen atoms in total. The third-order valence-corrected chi connectivity index (χ3v) is 1.54. The summed E-state index contributed by atoms with van der Waals surface area (Å²) in [4.78, 5) is 9.66. The van der Waals surface area contributed by atoms with Crippen molar-refractivity contribution >= 4 is 0 Å². The lowest BCUT2D eigenvalue weighted by Crippen LogP contribution is -2.52. The van der Waals surface area contributed by atoms with E-state index in [0.717, 1.165) is 0 Å². The SMILES string of the molecule is NC(N)(c1ccccc1)[N+](=O)[O-]. The Kier molecular flexibility index (Phi) is 2.07. The number of hydrogen-bond acceptors (Lipinski definition) is 4. The quantitative estimate of drug-likeness (QED) is 0.368. The van der Waals surface area contributed by atoms with Gasteiger partial charge < -0.3 is 0 Å². The molecule has 1 aromatic carbocycles. The Morgan fingerprint density at radius 3 is 2.17 bits per heavy atom. The Balaban J connectivity index is 3.06. The topological polar surface area (TPSA) is 95.2 Å². The summed E-state index contributed by atoms with van der Waals surface area (Å²) >= 11 is 0. The predicted molar refractivity (Wildman–Crippen MR) is 43.5 cm³/mol. The van der Waals surface area contributed by atoms with Gasteiger partial charge in [-0.05, 0) is 12.1 Å². The molecular formula is C7H9N3O2. The summed E-state index contributed by atoms with van der Waals surface area (Å²) in [6, 6.07) is 8.06. The van der Waals surface area contributed by atoms with E-state index in [-0.39, 0.29) is 5.56 Å². The molecule has 0 fully saturated rings. The van der Waals surface area contributed by atoms with Gasteiger partial charge in [-0.3, -0.25) is 10.1 Å². The van der Waals surface area contributed by atoms with Gasteiger partial charge in [0.15, 0.2) is 0 Å². The largest absolute Gasteiger partial charge is 0.354 e. The van der Waals surface area contributed by atoms with Crippen LogP contribution in [0.2, 0.25) is 0 Å². The van der Waals surface area contributed by atoms with Gasteiger partial charge in [0.25, 0.3) is 0 Å². The molecule has 0 radical (unpaired) electrons. The van der Waals surface area contributed by atoms with Crippen LogP contribution in [0.1, 0.15) is 5.56 Å². The van der Waals surface area contributed by atoms with Gasteiger partial charge in [0, 0.05) is 0 Å². The number of nitro groups is 1. The van der Waals surface area contributed by atoms with E-state index in [9.17, 15) is 10.1 Å². The molecule has 0 unspecified atom stereocenters. The van der Waals surface area contributed by atoms with Gasteiger partial charge in [-0.1, -0.05) is 18.2 Å². The zero-order valence-electron chi connectivity index (χ0n) is 6.31. The maximum Gasteiger partial charge on any atom is 0.354 e. The molecule has 0 aliphatic rings. The fraction of sp³-hybridized carbons (Fsp3) is 0.143. The van der Waals surface area contributed by atoms with Gasteiger partial charge in [-0.25, -0.2) is 11.5 Å². The van der Waals surface area contributed by atoms with Gasteiger partial charge in [-0.2, -0.15) is 0 Å². The van der Waals surface area contributed by atoms with Crippen molar-refractivity contribution in [1.82, 2.24) is 0 Å². The molecule has 64 valence electrons. The van der Waals surface area contributed by atoms with Crippen molar-refractivity contribution in [2.75, 3.05) is 0 Å². The Bertz CT molecular complexity index is 284. The second-order valence-corrected chi connectivity index (χ2v) is 2.45. The predicted octanol–water partition coefficient (Wildman–Crippen LogP) is -0.00900. The molecule has 0 aromatic heterocycles. The molecule has 4 N–H and O–H groups in total. The van der Waals surface area contributed by atoms with Crippen molar-refractivity contribution in [3.63, 3.8) is 0 Å². The molecular weight excluding hydrogens is 158 g/mol. The van der Waals surface area contributed by atoms with E-state index in [2.05, 4.69) is 0 Å². The van der Waals surface area contributed by atoms with Crippen molar-refractivity contribution in [1.29, 1.82) is 0 Å². The Hall–Kier alpha value is -1.46. The van der Waals surface area contributed by atoms with Crippen molar-refractivity contribution < 1.29 is 4.92 Å². The first-order valence-corrected chi connectivity index (χ1v) is 3.33. The van der Waals surface area contributed by atoms with E-state index < -0.39 is 10.7 Å². The molecule has 0 spiro atoms. The van der Waals surface area contributed by atoms with E-state index in [1.54, 1.807) is 18.2 Å². The first kappa shape index (κ1) is 8.63. The lowest BCUT2D eigenvalue weighted by atomic mass is 10.1. The minimum absolute atomic E-state index is 0.287. The highest BCUT2D eigenvalue weighted by molar-refractivity contribution is 5.19. The summed E-state index contributed by atoms with van der Waals surface area (Å²) in [6.45, 7) is 0.